The third-order valence-electron chi connectivity index (χ3n) is 4.24. The lowest BCUT2D eigenvalue weighted by Crippen LogP contribution is -2.28. The Morgan fingerprint density at radius 1 is 1.00 bits per heavy atom. The van der Waals surface area contributed by atoms with Crippen molar-refractivity contribution in [2.45, 2.75) is 19.4 Å². The van der Waals surface area contributed by atoms with Gasteiger partial charge in [0.2, 0.25) is 11.8 Å². The summed E-state index contributed by atoms with van der Waals surface area (Å²) in [6.45, 7) is -0.00892. The molecule has 3 rings (SSSR count). The van der Waals surface area contributed by atoms with Crippen LogP contribution >= 0.6 is 0 Å². The number of amides is 2. The molecule has 1 saturated heterocycles. The van der Waals surface area contributed by atoms with Crippen LogP contribution in [0.5, 0.6) is 11.5 Å². The molecule has 0 spiro atoms. The van der Waals surface area contributed by atoms with Crippen LogP contribution in [0.3, 0.4) is 0 Å². The second kappa shape index (κ2) is 7.90. The Bertz CT molecular complexity index is 876. The number of esters is 1. The van der Waals surface area contributed by atoms with E-state index >= 15 is 0 Å². The van der Waals surface area contributed by atoms with E-state index in [-0.39, 0.29) is 36.8 Å². The second-order valence-electron chi connectivity index (χ2n) is 5.93. The zero-order chi connectivity index (χ0) is 19.4. The summed E-state index contributed by atoms with van der Waals surface area (Å²) in [5.41, 5.74) is 1.28. The highest BCUT2D eigenvalue weighted by Gasteiger charge is 2.30. The van der Waals surface area contributed by atoms with Crippen molar-refractivity contribution in [1.29, 1.82) is 0 Å². The number of hydrogen-bond acceptors (Lipinski definition) is 6. The monoisotopic (exact) mass is 369 g/mol. The second-order valence-corrected chi connectivity index (χ2v) is 5.93. The molecule has 1 aliphatic rings. The summed E-state index contributed by atoms with van der Waals surface area (Å²) in [5.74, 6) is 0.0830. The van der Waals surface area contributed by atoms with Crippen LogP contribution in [0.1, 0.15) is 28.8 Å². The number of imide groups is 1. The quantitative estimate of drug-likeness (QED) is 0.575. The lowest BCUT2D eigenvalue weighted by molar-refractivity contribution is -0.121. The zero-order valence-electron chi connectivity index (χ0n) is 15.1. The smallest absolute Gasteiger partial charge is 0.338 e. The summed E-state index contributed by atoms with van der Waals surface area (Å²) in [5, 5.41) is 0. The van der Waals surface area contributed by atoms with E-state index < -0.39 is 5.97 Å². The molecule has 0 aromatic heterocycles. The highest BCUT2D eigenvalue weighted by molar-refractivity contribution is 6.20. The van der Waals surface area contributed by atoms with E-state index in [0.29, 0.717) is 22.7 Å². The van der Waals surface area contributed by atoms with Crippen molar-refractivity contribution >= 4 is 23.5 Å². The first-order valence-electron chi connectivity index (χ1n) is 8.37. The maximum atomic E-state index is 12.4. The van der Waals surface area contributed by atoms with Gasteiger partial charge in [-0.1, -0.05) is 6.07 Å². The lowest BCUT2D eigenvalue weighted by Gasteiger charge is -2.15. The van der Waals surface area contributed by atoms with Gasteiger partial charge in [-0.3, -0.25) is 14.5 Å². The van der Waals surface area contributed by atoms with Crippen molar-refractivity contribution in [2.24, 2.45) is 0 Å². The molecule has 27 heavy (non-hydrogen) atoms. The Morgan fingerprint density at radius 3 is 2.41 bits per heavy atom. The Morgan fingerprint density at radius 2 is 1.74 bits per heavy atom. The maximum Gasteiger partial charge on any atom is 0.338 e. The minimum Gasteiger partial charge on any atom is -0.497 e. The van der Waals surface area contributed by atoms with E-state index in [1.165, 1.54) is 13.2 Å². The van der Waals surface area contributed by atoms with Crippen molar-refractivity contribution in [2.75, 3.05) is 19.1 Å². The number of anilines is 1. The fourth-order valence-corrected chi connectivity index (χ4v) is 2.86. The van der Waals surface area contributed by atoms with Crippen LogP contribution in [0.2, 0.25) is 0 Å². The minimum absolute atomic E-state index is 0.00892. The van der Waals surface area contributed by atoms with E-state index in [4.69, 9.17) is 14.2 Å². The summed E-state index contributed by atoms with van der Waals surface area (Å²) in [7, 11) is 3.07. The van der Waals surface area contributed by atoms with Gasteiger partial charge in [0.1, 0.15) is 18.1 Å². The first kappa shape index (κ1) is 18.4. The van der Waals surface area contributed by atoms with Gasteiger partial charge in [-0.15, -0.1) is 0 Å². The molecule has 0 atom stereocenters. The Hall–Kier alpha value is -3.35. The molecule has 7 heteroatoms. The van der Waals surface area contributed by atoms with Crippen LogP contribution < -0.4 is 14.4 Å². The third kappa shape index (κ3) is 3.92. The molecule has 1 aliphatic heterocycles. The molecule has 0 radical (unpaired) electrons. The molecule has 1 fully saturated rings. The average Bonchev–Trinajstić information content (AvgIpc) is 3.04. The van der Waals surface area contributed by atoms with Gasteiger partial charge >= 0.3 is 5.97 Å². The molecular formula is C20H19NO6. The highest BCUT2D eigenvalue weighted by atomic mass is 16.5. The number of nitrogens with zero attached hydrogens (tertiary/aromatic N) is 1. The van der Waals surface area contributed by atoms with Crippen molar-refractivity contribution in [3.8, 4) is 11.5 Å². The number of hydrogen-bond donors (Lipinski definition) is 0. The van der Waals surface area contributed by atoms with Crippen molar-refractivity contribution in [3.05, 3.63) is 53.6 Å². The lowest BCUT2D eigenvalue weighted by atomic mass is 10.2. The summed E-state index contributed by atoms with van der Waals surface area (Å²) in [6.07, 6.45) is 0.367. The number of carbonyl (C=O) groups is 3. The van der Waals surface area contributed by atoms with Gasteiger partial charge in [-0.05, 0) is 36.4 Å². The van der Waals surface area contributed by atoms with Crippen molar-refractivity contribution in [3.63, 3.8) is 0 Å². The third-order valence-corrected chi connectivity index (χ3v) is 4.24. The minimum atomic E-state index is -0.569. The van der Waals surface area contributed by atoms with E-state index in [1.54, 1.807) is 43.5 Å². The molecular weight excluding hydrogens is 350 g/mol. The summed E-state index contributed by atoms with van der Waals surface area (Å²) < 4.78 is 15.8. The average molecular weight is 369 g/mol. The van der Waals surface area contributed by atoms with Crippen LogP contribution in [0.15, 0.2) is 42.5 Å². The van der Waals surface area contributed by atoms with Gasteiger partial charge in [0.15, 0.2) is 0 Å². The van der Waals surface area contributed by atoms with Crippen LogP contribution in [-0.4, -0.2) is 32.0 Å². The first-order valence-corrected chi connectivity index (χ1v) is 8.37. The Balaban J connectivity index is 1.75. The standard InChI is InChI=1S/C20H19NO6/c1-25-16-6-7-17(26-2)14(11-16)12-27-20(24)13-4-3-5-15(10-13)21-18(22)8-9-19(21)23/h3-7,10-11H,8-9,12H2,1-2H3. The Kier molecular flexibility index (Phi) is 5.40. The molecule has 0 N–H and O–H groups in total. The molecule has 0 aliphatic carbocycles. The fourth-order valence-electron chi connectivity index (χ4n) is 2.86. The molecule has 0 bridgehead atoms. The molecule has 2 aromatic rings. The van der Waals surface area contributed by atoms with E-state index in [9.17, 15) is 14.4 Å². The molecule has 140 valence electrons. The first-order chi connectivity index (χ1) is 13.0. The number of carbonyl (C=O) groups excluding carboxylic acids is 3. The van der Waals surface area contributed by atoms with Crippen LogP contribution in [-0.2, 0) is 20.9 Å². The van der Waals surface area contributed by atoms with Gasteiger partial charge in [0, 0.05) is 18.4 Å². The van der Waals surface area contributed by atoms with Crippen molar-refractivity contribution in [1.82, 2.24) is 0 Å². The van der Waals surface area contributed by atoms with Gasteiger partial charge in [0.05, 0.1) is 25.5 Å². The van der Waals surface area contributed by atoms with Gasteiger partial charge in [-0.25, -0.2) is 4.79 Å². The predicted molar refractivity (Wildman–Crippen MR) is 96.8 cm³/mol. The molecule has 1 heterocycles. The zero-order valence-corrected chi connectivity index (χ0v) is 15.1. The fraction of sp³-hybridized carbons (Fsp3) is 0.250. The molecule has 0 unspecified atom stereocenters. The number of benzene rings is 2. The van der Waals surface area contributed by atoms with E-state index in [1.807, 2.05) is 0 Å². The largest absolute Gasteiger partial charge is 0.497 e. The van der Waals surface area contributed by atoms with Crippen LogP contribution in [0.4, 0.5) is 5.69 Å². The Labute approximate surface area is 156 Å². The molecule has 7 nitrogen and oxygen atoms in total. The summed E-state index contributed by atoms with van der Waals surface area (Å²) in [4.78, 5) is 37.3. The summed E-state index contributed by atoms with van der Waals surface area (Å²) >= 11 is 0. The molecule has 2 amide bonds. The SMILES string of the molecule is COc1ccc(OC)c(COC(=O)c2cccc(N3C(=O)CCC3=O)c2)c1. The predicted octanol–water partition coefficient (Wildman–Crippen LogP) is 2.71. The van der Waals surface area contributed by atoms with E-state index in [0.717, 1.165) is 4.90 Å². The molecule has 2 aromatic carbocycles. The molecule has 0 saturated carbocycles. The van der Waals surface area contributed by atoms with E-state index in [2.05, 4.69) is 0 Å². The van der Waals surface area contributed by atoms with Gasteiger partial charge in [0.25, 0.3) is 0 Å². The van der Waals surface area contributed by atoms with Crippen LogP contribution in [0.25, 0.3) is 0 Å². The normalized spacial score (nSPS) is 13.6. The maximum absolute atomic E-state index is 12.4. The topological polar surface area (TPSA) is 82.1 Å². The van der Waals surface area contributed by atoms with Crippen molar-refractivity contribution < 1.29 is 28.6 Å². The van der Waals surface area contributed by atoms with Crippen LogP contribution in [0, 0.1) is 0 Å². The number of ether oxygens (including phenoxy) is 3. The van der Waals surface area contributed by atoms with Gasteiger partial charge < -0.3 is 14.2 Å². The number of rotatable bonds is 6. The van der Waals surface area contributed by atoms with Gasteiger partial charge in [-0.2, -0.15) is 0 Å². The highest BCUT2D eigenvalue weighted by Crippen LogP contribution is 2.26. The number of methoxy groups -OCH3 is 2. The summed E-state index contributed by atoms with van der Waals surface area (Å²) in [6, 6.07) is 11.5.